The van der Waals surface area contributed by atoms with Gasteiger partial charge in [-0.1, -0.05) is 6.92 Å². The summed E-state index contributed by atoms with van der Waals surface area (Å²) in [6.07, 6.45) is -0.0706. The third-order valence-corrected chi connectivity index (χ3v) is 4.54. The quantitative estimate of drug-likeness (QED) is 0.579. The van der Waals surface area contributed by atoms with Crippen molar-refractivity contribution in [3.63, 3.8) is 0 Å². The summed E-state index contributed by atoms with van der Waals surface area (Å²) in [5.74, 6) is 0.500. The van der Waals surface area contributed by atoms with Gasteiger partial charge >= 0.3 is 0 Å². The highest BCUT2D eigenvalue weighted by Crippen LogP contribution is 2.23. The van der Waals surface area contributed by atoms with Gasteiger partial charge in [0.25, 0.3) is 0 Å². The second kappa shape index (κ2) is 3.22. The zero-order valence-electron chi connectivity index (χ0n) is 7.77. The van der Waals surface area contributed by atoms with Crippen LogP contribution in [-0.4, -0.2) is 56.7 Å². The molecule has 0 spiro atoms. The van der Waals surface area contributed by atoms with E-state index in [1.54, 1.807) is 0 Å². The number of likely N-dealkylation sites (N-methyl/N-ethyl adjacent to an activating group) is 1. The average molecular weight is 205 g/mol. The van der Waals surface area contributed by atoms with Gasteiger partial charge in [0.2, 0.25) is 0 Å². The lowest BCUT2D eigenvalue weighted by Gasteiger charge is -2.35. The molecule has 0 bridgehead atoms. The van der Waals surface area contributed by atoms with Gasteiger partial charge in [-0.25, -0.2) is 8.42 Å². The fourth-order valence-corrected chi connectivity index (χ4v) is 4.08. The highest BCUT2D eigenvalue weighted by Gasteiger charge is 2.43. The lowest BCUT2D eigenvalue weighted by molar-refractivity contribution is -0.0443. The van der Waals surface area contributed by atoms with Crippen molar-refractivity contribution in [3.8, 4) is 0 Å². The molecule has 2 unspecified atom stereocenters. The number of ether oxygens (including phenoxy) is 1. The van der Waals surface area contributed by atoms with Crippen molar-refractivity contribution in [1.29, 1.82) is 0 Å². The highest BCUT2D eigenvalue weighted by atomic mass is 32.2. The molecule has 76 valence electrons. The van der Waals surface area contributed by atoms with Gasteiger partial charge < -0.3 is 4.74 Å². The Bertz CT molecular complexity index is 288. The molecule has 0 aliphatic carbocycles. The lowest BCUT2D eigenvalue weighted by atomic mass is 10.1. The second-order valence-corrected chi connectivity index (χ2v) is 5.84. The summed E-state index contributed by atoms with van der Waals surface area (Å²) in [5, 5.41) is 0. The summed E-state index contributed by atoms with van der Waals surface area (Å²) in [4.78, 5) is 2.21. The Morgan fingerprint density at radius 3 is 2.92 bits per heavy atom. The van der Waals surface area contributed by atoms with Gasteiger partial charge in [0, 0.05) is 6.54 Å². The Hall–Kier alpha value is -0.130. The molecule has 0 amide bonds. The van der Waals surface area contributed by atoms with Crippen molar-refractivity contribution in [3.05, 3.63) is 0 Å². The summed E-state index contributed by atoms with van der Waals surface area (Å²) < 4.78 is 28.2. The maximum Gasteiger partial charge on any atom is 0.154 e. The topological polar surface area (TPSA) is 46.6 Å². The van der Waals surface area contributed by atoms with Crippen LogP contribution in [-0.2, 0) is 14.6 Å². The number of nitrogens with zero attached hydrogens (tertiary/aromatic N) is 1. The Labute approximate surface area is 78.8 Å². The number of morpholine rings is 1. The minimum Gasteiger partial charge on any atom is -0.374 e. The van der Waals surface area contributed by atoms with Crippen LogP contribution in [0.15, 0.2) is 0 Å². The molecule has 4 nitrogen and oxygen atoms in total. The molecule has 5 heteroatoms. The van der Waals surface area contributed by atoms with Crippen LogP contribution in [0.3, 0.4) is 0 Å². The van der Waals surface area contributed by atoms with Gasteiger partial charge in [0.15, 0.2) is 9.84 Å². The van der Waals surface area contributed by atoms with Gasteiger partial charge in [0.05, 0.1) is 30.3 Å². The van der Waals surface area contributed by atoms with Gasteiger partial charge in [-0.15, -0.1) is 0 Å². The van der Waals surface area contributed by atoms with Crippen molar-refractivity contribution in [2.75, 3.05) is 31.2 Å². The van der Waals surface area contributed by atoms with Gasteiger partial charge in [-0.2, -0.15) is 0 Å². The highest BCUT2D eigenvalue weighted by molar-refractivity contribution is 7.91. The molecule has 2 fully saturated rings. The van der Waals surface area contributed by atoms with E-state index < -0.39 is 9.84 Å². The SMILES string of the molecule is CCN1CCOC2CS(=O)(=O)CC21. The van der Waals surface area contributed by atoms with Crippen molar-refractivity contribution in [2.24, 2.45) is 0 Å². The van der Waals surface area contributed by atoms with Crippen molar-refractivity contribution in [2.45, 2.75) is 19.1 Å². The van der Waals surface area contributed by atoms with E-state index in [-0.39, 0.29) is 23.7 Å². The van der Waals surface area contributed by atoms with Crippen molar-refractivity contribution in [1.82, 2.24) is 4.90 Å². The predicted octanol–water partition coefficient (Wildman–Crippen LogP) is -0.496. The van der Waals surface area contributed by atoms with Crippen LogP contribution >= 0.6 is 0 Å². The maximum absolute atomic E-state index is 11.4. The lowest BCUT2D eigenvalue weighted by Crippen LogP contribution is -2.50. The van der Waals surface area contributed by atoms with E-state index in [1.807, 2.05) is 0 Å². The Kier molecular flexibility index (Phi) is 2.33. The van der Waals surface area contributed by atoms with Crippen molar-refractivity contribution >= 4 is 9.84 Å². The molecule has 0 saturated carbocycles. The van der Waals surface area contributed by atoms with E-state index in [0.29, 0.717) is 6.61 Å². The largest absolute Gasteiger partial charge is 0.374 e. The molecule has 2 aliphatic heterocycles. The standard InChI is InChI=1S/C8H15NO3S/c1-2-9-3-4-12-8-6-13(10,11)5-7(8)9/h7-8H,2-6H2,1H3. The molecular weight excluding hydrogens is 190 g/mol. The van der Waals surface area contributed by atoms with Gasteiger partial charge in [-0.3, -0.25) is 4.90 Å². The molecule has 13 heavy (non-hydrogen) atoms. The number of hydrogen-bond donors (Lipinski definition) is 0. The molecule has 2 atom stereocenters. The summed E-state index contributed by atoms with van der Waals surface area (Å²) in [6.45, 7) is 4.52. The zero-order chi connectivity index (χ0) is 9.47. The van der Waals surface area contributed by atoms with E-state index in [0.717, 1.165) is 13.1 Å². The Morgan fingerprint density at radius 2 is 2.23 bits per heavy atom. The van der Waals surface area contributed by atoms with Crippen LogP contribution in [0.5, 0.6) is 0 Å². The predicted molar refractivity (Wildman–Crippen MR) is 49.4 cm³/mol. The molecular formula is C8H15NO3S. The molecule has 2 aliphatic rings. The van der Waals surface area contributed by atoms with Gasteiger partial charge in [0.1, 0.15) is 0 Å². The maximum atomic E-state index is 11.4. The van der Waals surface area contributed by atoms with Crippen LogP contribution in [0.4, 0.5) is 0 Å². The number of rotatable bonds is 1. The smallest absolute Gasteiger partial charge is 0.154 e. The van der Waals surface area contributed by atoms with Crippen LogP contribution in [0.25, 0.3) is 0 Å². The summed E-state index contributed by atoms with van der Waals surface area (Å²) >= 11 is 0. The minimum absolute atomic E-state index is 0.0706. The average Bonchev–Trinajstić information content (AvgIpc) is 2.37. The van der Waals surface area contributed by atoms with Crippen LogP contribution < -0.4 is 0 Å². The first-order valence-corrected chi connectivity index (χ1v) is 6.50. The van der Waals surface area contributed by atoms with Crippen LogP contribution in [0.1, 0.15) is 6.92 Å². The molecule has 0 aromatic carbocycles. The minimum atomic E-state index is -2.84. The summed E-state index contributed by atoms with van der Waals surface area (Å²) in [5.41, 5.74) is 0. The summed E-state index contributed by atoms with van der Waals surface area (Å²) in [6, 6.07) is 0.115. The van der Waals surface area contributed by atoms with Crippen LogP contribution in [0, 0.1) is 0 Å². The van der Waals surface area contributed by atoms with E-state index in [4.69, 9.17) is 4.74 Å². The second-order valence-electron chi connectivity index (χ2n) is 3.68. The molecule has 2 heterocycles. The fraction of sp³-hybridized carbons (Fsp3) is 1.00. The van der Waals surface area contributed by atoms with E-state index in [2.05, 4.69) is 11.8 Å². The molecule has 2 saturated heterocycles. The molecule has 0 aromatic rings. The number of fused-ring (bicyclic) bond motifs is 1. The number of sulfone groups is 1. The van der Waals surface area contributed by atoms with Crippen LogP contribution in [0.2, 0.25) is 0 Å². The number of hydrogen-bond acceptors (Lipinski definition) is 4. The molecule has 2 rings (SSSR count). The van der Waals surface area contributed by atoms with E-state index in [1.165, 1.54) is 0 Å². The first-order chi connectivity index (χ1) is 6.12. The monoisotopic (exact) mass is 205 g/mol. The third kappa shape index (κ3) is 1.73. The summed E-state index contributed by atoms with van der Waals surface area (Å²) in [7, 11) is -2.84. The van der Waals surface area contributed by atoms with E-state index >= 15 is 0 Å². The van der Waals surface area contributed by atoms with Gasteiger partial charge in [-0.05, 0) is 6.54 Å². The zero-order valence-corrected chi connectivity index (χ0v) is 8.59. The molecule has 0 radical (unpaired) electrons. The Morgan fingerprint density at radius 1 is 1.46 bits per heavy atom. The Balaban J connectivity index is 2.17. The first-order valence-electron chi connectivity index (χ1n) is 4.68. The van der Waals surface area contributed by atoms with E-state index in [9.17, 15) is 8.42 Å². The first kappa shape index (κ1) is 9.43. The normalized spacial score (nSPS) is 38.8. The molecule has 0 N–H and O–H groups in total. The third-order valence-electron chi connectivity index (χ3n) is 2.86. The molecule has 0 aromatic heterocycles. The fourth-order valence-electron chi connectivity index (χ4n) is 2.18. The van der Waals surface area contributed by atoms with Crippen molar-refractivity contribution < 1.29 is 13.2 Å².